The van der Waals surface area contributed by atoms with Gasteiger partial charge in [-0.2, -0.15) is 0 Å². The molecule has 0 aromatic carbocycles. The van der Waals surface area contributed by atoms with E-state index in [1.165, 1.54) is 4.90 Å². The molecule has 0 bridgehead atoms. The first-order chi connectivity index (χ1) is 9.87. The first-order valence-corrected chi connectivity index (χ1v) is 7.38. The molecule has 1 aliphatic heterocycles. The summed E-state index contributed by atoms with van der Waals surface area (Å²) in [5, 5.41) is 14.7. The molecule has 118 valence electrons. The second kappa shape index (κ2) is 5.91. The Balaban J connectivity index is 1.93. The van der Waals surface area contributed by atoms with Gasteiger partial charge in [0.25, 0.3) is 0 Å². The molecule has 0 aromatic heterocycles. The summed E-state index contributed by atoms with van der Waals surface area (Å²) in [4.78, 5) is 36.8. The predicted molar refractivity (Wildman–Crippen MR) is 75.7 cm³/mol. The molecule has 2 aliphatic rings. The number of likely N-dealkylation sites (tertiary alicyclic amines) is 1. The highest BCUT2D eigenvalue weighted by Crippen LogP contribution is 2.31. The lowest BCUT2D eigenvalue weighted by atomic mass is 9.90. The van der Waals surface area contributed by atoms with Crippen molar-refractivity contribution in [1.82, 2.24) is 15.5 Å². The van der Waals surface area contributed by atoms with Crippen LogP contribution in [-0.2, 0) is 9.59 Å². The minimum absolute atomic E-state index is 0.0467. The molecular weight excluding hydrogens is 274 g/mol. The number of carboxylic acid groups (broad SMARTS) is 1. The minimum Gasteiger partial charge on any atom is -0.481 e. The van der Waals surface area contributed by atoms with Crippen LogP contribution in [0, 0.1) is 11.3 Å². The number of carbonyl (C=O) groups is 3. The maximum atomic E-state index is 12.3. The average molecular weight is 297 g/mol. The second-order valence-electron chi connectivity index (χ2n) is 6.24. The summed E-state index contributed by atoms with van der Waals surface area (Å²) >= 11 is 0. The van der Waals surface area contributed by atoms with Gasteiger partial charge in [0.05, 0.1) is 11.3 Å². The van der Waals surface area contributed by atoms with Gasteiger partial charge >= 0.3 is 12.0 Å². The Morgan fingerprint density at radius 2 is 2.00 bits per heavy atom. The van der Waals surface area contributed by atoms with Gasteiger partial charge in [0.1, 0.15) is 0 Å². The normalized spacial score (nSPS) is 32.0. The van der Waals surface area contributed by atoms with Crippen molar-refractivity contribution in [2.24, 2.45) is 11.3 Å². The molecule has 2 fully saturated rings. The molecule has 1 saturated carbocycles. The maximum absolute atomic E-state index is 12.3. The molecule has 0 spiro atoms. The monoisotopic (exact) mass is 297 g/mol. The fourth-order valence-electron chi connectivity index (χ4n) is 3.19. The third-order valence-electron chi connectivity index (χ3n) is 4.68. The van der Waals surface area contributed by atoms with E-state index in [-0.39, 0.29) is 30.4 Å². The fraction of sp³-hybridized carbons (Fsp3) is 0.786. The van der Waals surface area contributed by atoms with E-state index in [0.717, 1.165) is 19.3 Å². The van der Waals surface area contributed by atoms with Crippen molar-refractivity contribution in [3.05, 3.63) is 0 Å². The van der Waals surface area contributed by atoms with Gasteiger partial charge in [-0.15, -0.1) is 0 Å². The molecule has 3 unspecified atom stereocenters. The first-order valence-electron chi connectivity index (χ1n) is 7.38. The van der Waals surface area contributed by atoms with Gasteiger partial charge < -0.3 is 20.6 Å². The van der Waals surface area contributed by atoms with Crippen LogP contribution in [0.1, 0.15) is 32.6 Å². The third-order valence-corrected chi connectivity index (χ3v) is 4.68. The number of urea groups is 1. The Morgan fingerprint density at radius 3 is 2.57 bits per heavy atom. The molecule has 21 heavy (non-hydrogen) atoms. The molecule has 0 radical (unpaired) electrons. The highest BCUT2D eigenvalue weighted by Gasteiger charge is 2.43. The summed E-state index contributed by atoms with van der Waals surface area (Å²) in [5.74, 6) is -1.11. The van der Waals surface area contributed by atoms with E-state index in [9.17, 15) is 19.5 Å². The Bertz CT molecular complexity index is 454. The number of carbonyl (C=O) groups excluding carboxylic acids is 2. The highest BCUT2D eigenvalue weighted by molar-refractivity contribution is 5.82. The van der Waals surface area contributed by atoms with Crippen LogP contribution in [0.4, 0.5) is 4.79 Å². The third kappa shape index (κ3) is 3.11. The largest absolute Gasteiger partial charge is 0.481 e. The number of hydrogen-bond acceptors (Lipinski definition) is 3. The molecule has 1 saturated heterocycles. The maximum Gasteiger partial charge on any atom is 0.317 e. The van der Waals surface area contributed by atoms with E-state index < -0.39 is 11.4 Å². The molecule has 1 aliphatic carbocycles. The summed E-state index contributed by atoms with van der Waals surface area (Å²) in [6.45, 7) is 2.31. The zero-order valence-electron chi connectivity index (χ0n) is 12.5. The second-order valence-corrected chi connectivity index (χ2v) is 6.24. The van der Waals surface area contributed by atoms with Gasteiger partial charge in [0.15, 0.2) is 0 Å². The zero-order valence-corrected chi connectivity index (χ0v) is 12.5. The van der Waals surface area contributed by atoms with Crippen LogP contribution in [0.25, 0.3) is 0 Å². The zero-order chi connectivity index (χ0) is 15.6. The van der Waals surface area contributed by atoms with Crippen molar-refractivity contribution in [1.29, 1.82) is 0 Å². The lowest BCUT2D eigenvalue weighted by Crippen LogP contribution is -2.48. The quantitative estimate of drug-likeness (QED) is 0.702. The average Bonchev–Trinajstić information content (AvgIpc) is 3.05. The Morgan fingerprint density at radius 1 is 1.29 bits per heavy atom. The number of nitrogens with zero attached hydrogens (tertiary/aromatic N) is 1. The van der Waals surface area contributed by atoms with E-state index >= 15 is 0 Å². The van der Waals surface area contributed by atoms with E-state index in [4.69, 9.17) is 0 Å². The molecule has 7 nitrogen and oxygen atoms in total. The molecule has 7 heteroatoms. The van der Waals surface area contributed by atoms with E-state index in [1.807, 2.05) is 0 Å². The summed E-state index contributed by atoms with van der Waals surface area (Å²) < 4.78 is 0. The summed E-state index contributed by atoms with van der Waals surface area (Å²) in [6, 6.07) is -0.421. The number of aliphatic carboxylic acids is 1. The van der Waals surface area contributed by atoms with Crippen LogP contribution in [0.15, 0.2) is 0 Å². The predicted octanol–water partition coefficient (Wildman–Crippen LogP) is 0.407. The van der Waals surface area contributed by atoms with Crippen molar-refractivity contribution in [2.75, 3.05) is 20.1 Å². The van der Waals surface area contributed by atoms with Crippen LogP contribution >= 0.6 is 0 Å². The number of carboxylic acids is 1. The standard InChI is InChI=1S/C14H23N3O4/c1-14(12(19)20)6-7-17(8-14)13(21)16-10-5-3-4-9(10)11(18)15-2/h9-10H,3-8H2,1-2H3,(H,15,18)(H,16,21)(H,19,20). The van der Waals surface area contributed by atoms with Crippen molar-refractivity contribution in [2.45, 2.75) is 38.6 Å². The smallest absolute Gasteiger partial charge is 0.317 e. The van der Waals surface area contributed by atoms with Crippen LogP contribution in [-0.4, -0.2) is 54.1 Å². The lowest BCUT2D eigenvalue weighted by molar-refractivity contribution is -0.147. The molecule has 3 N–H and O–H groups in total. The van der Waals surface area contributed by atoms with Gasteiger partial charge in [0.2, 0.25) is 5.91 Å². The number of nitrogens with one attached hydrogen (secondary N) is 2. The van der Waals surface area contributed by atoms with Gasteiger partial charge in [-0.05, 0) is 26.2 Å². The van der Waals surface area contributed by atoms with E-state index in [2.05, 4.69) is 10.6 Å². The summed E-state index contributed by atoms with van der Waals surface area (Å²) in [7, 11) is 1.60. The fourth-order valence-corrected chi connectivity index (χ4v) is 3.19. The Hall–Kier alpha value is -1.79. The Labute approximate surface area is 124 Å². The van der Waals surface area contributed by atoms with E-state index in [1.54, 1.807) is 14.0 Å². The van der Waals surface area contributed by atoms with Crippen LogP contribution < -0.4 is 10.6 Å². The van der Waals surface area contributed by atoms with Crippen LogP contribution in [0.3, 0.4) is 0 Å². The van der Waals surface area contributed by atoms with Gasteiger partial charge in [-0.1, -0.05) is 6.42 Å². The van der Waals surface area contributed by atoms with Crippen molar-refractivity contribution in [3.8, 4) is 0 Å². The van der Waals surface area contributed by atoms with Crippen molar-refractivity contribution >= 4 is 17.9 Å². The summed E-state index contributed by atoms with van der Waals surface area (Å²) in [5.41, 5.74) is -0.868. The minimum atomic E-state index is -0.873. The number of rotatable bonds is 3. The Kier molecular flexibility index (Phi) is 4.39. The van der Waals surface area contributed by atoms with Crippen LogP contribution in [0.5, 0.6) is 0 Å². The van der Waals surface area contributed by atoms with E-state index in [0.29, 0.717) is 13.0 Å². The van der Waals surface area contributed by atoms with Crippen molar-refractivity contribution in [3.63, 3.8) is 0 Å². The molecule has 1 heterocycles. The molecule has 3 atom stereocenters. The molecule has 0 aromatic rings. The van der Waals surface area contributed by atoms with Gasteiger partial charge in [-0.25, -0.2) is 4.79 Å². The SMILES string of the molecule is CNC(=O)C1CCCC1NC(=O)N1CCC(C)(C(=O)O)C1. The number of hydrogen-bond donors (Lipinski definition) is 3. The highest BCUT2D eigenvalue weighted by atomic mass is 16.4. The molecule has 3 amide bonds. The topological polar surface area (TPSA) is 98.7 Å². The van der Waals surface area contributed by atoms with Gasteiger partial charge in [0, 0.05) is 26.2 Å². The van der Waals surface area contributed by atoms with Crippen LogP contribution in [0.2, 0.25) is 0 Å². The lowest BCUT2D eigenvalue weighted by Gasteiger charge is -2.25. The first kappa shape index (κ1) is 15.6. The van der Waals surface area contributed by atoms with Crippen molar-refractivity contribution < 1.29 is 19.5 Å². The summed E-state index contributed by atoms with van der Waals surface area (Å²) in [6.07, 6.45) is 2.93. The molecular formula is C14H23N3O4. The number of amides is 3. The molecule has 2 rings (SSSR count). The van der Waals surface area contributed by atoms with Gasteiger partial charge in [-0.3, -0.25) is 9.59 Å².